The number of benzene rings is 3. The Morgan fingerprint density at radius 3 is 1.07 bits per heavy atom. The first-order valence-corrected chi connectivity index (χ1v) is 29.4. The molecule has 14 unspecified atom stereocenters. The molecular weight excluding hydrogens is 885 g/mol. The molecular formula is C66H88N2O4. The molecule has 3 aromatic carbocycles. The van der Waals surface area contributed by atoms with Crippen LogP contribution in [0, 0.1) is 89.7 Å². The fraction of sp³-hybridized carbons (Fsp3) is 0.727. The van der Waals surface area contributed by atoms with E-state index in [0.717, 1.165) is 23.3 Å². The molecule has 16 fully saturated rings. The number of anilines is 2. The number of phenolic OH excluding ortho intramolecular Hbond substituents is 2. The molecule has 16 aliphatic carbocycles. The Labute approximate surface area is 431 Å². The van der Waals surface area contributed by atoms with Crippen LogP contribution in [-0.2, 0) is 10.8 Å². The normalized spacial score (nSPS) is 52.4. The average molecular weight is 973 g/mol. The van der Waals surface area contributed by atoms with E-state index in [9.17, 15) is 10.2 Å². The van der Waals surface area contributed by atoms with Crippen molar-refractivity contribution in [3.63, 3.8) is 0 Å². The minimum Gasteiger partial charge on any atom is -0.506 e. The zero-order valence-corrected chi connectivity index (χ0v) is 45.5. The first kappa shape index (κ1) is 45.8. The van der Waals surface area contributed by atoms with E-state index in [0.29, 0.717) is 68.2 Å². The van der Waals surface area contributed by atoms with Crippen LogP contribution in [0.5, 0.6) is 34.5 Å². The quantitative estimate of drug-likeness (QED) is 0.132. The molecule has 0 heterocycles. The lowest BCUT2D eigenvalue weighted by molar-refractivity contribution is -0.257. The molecule has 0 amide bonds. The Morgan fingerprint density at radius 1 is 0.389 bits per heavy atom. The third kappa shape index (κ3) is 6.19. The van der Waals surface area contributed by atoms with Crippen molar-refractivity contribution < 1.29 is 19.7 Å². The second-order valence-electron chi connectivity index (χ2n) is 33.2. The summed E-state index contributed by atoms with van der Waals surface area (Å²) in [6.07, 6.45) is 29.7. The Morgan fingerprint density at radius 2 is 0.736 bits per heavy atom. The van der Waals surface area contributed by atoms with Crippen LogP contribution in [0.2, 0.25) is 0 Å². The Bertz CT molecular complexity index is 2650. The van der Waals surface area contributed by atoms with E-state index < -0.39 is 0 Å². The van der Waals surface area contributed by atoms with Gasteiger partial charge in [-0.05, 0) is 261 Å². The van der Waals surface area contributed by atoms with Crippen LogP contribution in [0.25, 0.3) is 0 Å². The van der Waals surface area contributed by atoms with E-state index >= 15 is 0 Å². The lowest BCUT2D eigenvalue weighted by Crippen LogP contribution is -2.71. The summed E-state index contributed by atoms with van der Waals surface area (Å²) < 4.78 is 15.1. The van der Waals surface area contributed by atoms with Gasteiger partial charge in [0.2, 0.25) is 0 Å². The van der Waals surface area contributed by atoms with E-state index in [4.69, 9.17) is 20.9 Å². The number of nitrogen functional groups attached to an aromatic ring is 2. The minimum absolute atomic E-state index is 0.0538. The van der Waals surface area contributed by atoms with Crippen molar-refractivity contribution in [3.8, 4) is 34.5 Å². The summed E-state index contributed by atoms with van der Waals surface area (Å²) in [4.78, 5) is 0. The molecule has 6 nitrogen and oxygen atoms in total. The van der Waals surface area contributed by atoms with E-state index in [1.54, 1.807) is 24.3 Å². The van der Waals surface area contributed by atoms with Gasteiger partial charge in [0.05, 0.1) is 11.4 Å². The maximum absolute atomic E-state index is 11.2. The van der Waals surface area contributed by atoms with Gasteiger partial charge in [0.15, 0.2) is 0 Å². The summed E-state index contributed by atoms with van der Waals surface area (Å²) in [5.74, 6) is 7.22. The van der Waals surface area contributed by atoms with Crippen molar-refractivity contribution >= 4 is 11.4 Å². The van der Waals surface area contributed by atoms with E-state index in [1.165, 1.54) is 152 Å². The lowest BCUT2D eigenvalue weighted by Gasteiger charge is -2.78. The van der Waals surface area contributed by atoms with Gasteiger partial charge in [-0.2, -0.15) is 0 Å². The first-order valence-electron chi connectivity index (χ1n) is 29.4. The largest absolute Gasteiger partial charge is 0.506 e. The summed E-state index contributed by atoms with van der Waals surface area (Å²) in [5.41, 5.74) is 19.2. The summed E-state index contributed by atoms with van der Waals surface area (Å²) >= 11 is 0. The monoisotopic (exact) mass is 973 g/mol. The molecule has 0 aromatic heterocycles. The van der Waals surface area contributed by atoms with Gasteiger partial charge >= 0.3 is 0 Å². The number of hydrogen-bond donors (Lipinski definition) is 4. The van der Waals surface area contributed by atoms with E-state index in [-0.39, 0.29) is 54.8 Å². The molecule has 14 atom stereocenters. The standard InChI is InChI=1S/C66H88N2O4/c1-55-17-39-18-56(2,29-55)34-63(25-39,33-55)53-61(7)23-41-21-59(5,31-61)37-65(53,27-41)45-15-46(52(72-44-10-12-48(68)50(70)14-44)16-51(45)71-43-9-11-47(67)49(69)13-43)66-28-42-22-60(6,38-66)32-62(8,24-42)54(66)64-26-40-19-57(3,35-64)30-58(4,20-40)36-64/h9-16,39-42,53-54,69-70H,17-38,67-68H2,1-8H3. The van der Waals surface area contributed by atoms with Gasteiger partial charge in [0.1, 0.15) is 34.5 Å². The molecule has 16 aliphatic rings. The van der Waals surface area contributed by atoms with Gasteiger partial charge in [0, 0.05) is 40.2 Å². The highest BCUT2D eigenvalue weighted by Crippen LogP contribution is 2.85. The van der Waals surface area contributed by atoms with Crippen molar-refractivity contribution in [1.82, 2.24) is 0 Å². The van der Waals surface area contributed by atoms with Gasteiger partial charge in [-0.1, -0.05) is 55.4 Å². The molecule has 72 heavy (non-hydrogen) atoms. The molecule has 3 aromatic rings. The van der Waals surface area contributed by atoms with Crippen molar-refractivity contribution in [2.45, 2.75) is 207 Å². The molecule has 16 saturated carbocycles. The number of rotatable bonds is 8. The van der Waals surface area contributed by atoms with Gasteiger partial charge in [-0.25, -0.2) is 0 Å². The van der Waals surface area contributed by atoms with Gasteiger partial charge < -0.3 is 31.2 Å². The Kier molecular flexibility index (Phi) is 8.60. The fourth-order valence-corrected chi connectivity index (χ4v) is 28.6. The number of hydrogen-bond acceptors (Lipinski definition) is 6. The number of ether oxygens (including phenoxy) is 2. The van der Waals surface area contributed by atoms with Crippen molar-refractivity contribution in [3.05, 3.63) is 59.7 Å². The smallest absolute Gasteiger partial charge is 0.142 e. The second-order valence-corrected chi connectivity index (χ2v) is 33.2. The number of nitrogens with two attached hydrogens (primary N) is 2. The van der Waals surface area contributed by atoms with Crippen LogP contribution in [0.4, 0.5) is 11.4 Å². The first-order chi connectivity index (χ1) is 33.7. The number of aromatic hydroxyl groups is 2. The molecule has 386 valence electrons. The third-order valence-electron chi connectivity index (χ3n) is 25.2. The summed E-state index contributed by atoms with van der Waals surface area (Å²) in [7, 11) is 0. The molecule has 0 saturated heterocycles. The van der Waals surface area contributed by atoms with Crippen LogP contribution in [0.1, 0.15) is 208 Å². The van der Waals surface area contributed by atoms with Crippen molar-refractivity contribution in [1.29, 1.82) is 0 Å². The summed E-state index contributed by atoms with van der Waals surface area (Å²) in [6, 6.07) is 16.2. The second kappa shape index (κ2) is 13.5. The van der Waals surface area contributed by atoms with Gasteiger partial charge in [-0.3, -0.25) is 0 Å². The van der Waals surface area contributed by atoms with Gasteiger partial charge in [-0.15, -0.1) is 0 Å². The molecule has 0 spiro atoms. The Hall–Kier alpha value is -3.54. The van der Waals surface area contributed by atoms with Crippen LogP contribution in [0.15, 0.2) is 48.5 Å². The van der Waals surface area contributed by atoms with Gasteiger partial charge in [0.25, 0.3) is 0 Å². The Balaban J connectivity index is 1.02. The molecule has 19 rings (SSSR count). The van der Waals surface area contributed by atoms with Crippen LogP contribution >= 0.6 is 0 Å². The topological polar surface area (TPSA) is 111 Å². The minimum atomic E-state index is -0.0908. The van der Waals surface area contributed by atoms with E-state index in [1.807, 2.05) is 12.1 Å². The zero-order chi connectivity index (χ0) is 49.9. The third-order valence-corrected chi connectivity index (χ3v) is 25.2. The van der Waals surface area contributed by atoms with Crippen LogP contribution in [0.3, 0.4) is 0 Å². The average Bonchev–Trinajstić information content (AvgIpc) is 3.18. The fourth-order valence-electron chi connectivity index (χ4n) is 28.6. The summed E-state index contributed by atoms with van der Waals surface area (Å²) in [5, 5.41) is 22.5. The molecule has 0 aliphatic heterocycles. The SMILES string of the molecule is CC12CC3CC(C)(C1)CC(C1C4(C)CC5CC(C)(C4)CC1(c1cc(C46CC7CC(C)(CC(C)(C7)C4C47CC8CC(C)(CC(C)(C8)C4)C7)C6)c(Oc4ccc(N)c(O)c4)cc1Oc1ccc(N)c(O)c1)C5)(C3)C2. The van der Waals surface area contributed by atoms with Crippen molar-refractivity contribution in [2.24, 2.45) is 89.7 Å². The lowest BCUT2D eigenvalue weighted by atomic mass is 9.26. The highest BCUT2D eigenvalue weighted by molar-refractivity contribution is 5.61. The summed E-state index contributed by atoms with van der Waals surface area (Å²) in [6.45, 7) is 21.8. The zero-order valence-electron chi connectivity index (χ0n) is 45.5. The molecule has 6 N–H and O–H groups in total. The molecule has 6 heteroatoms. The highest BCUT2D eigenvalue weighted by atomic mass is 16.5. The highest BCUT2D eigenvalue weighted by Gasteiger charge is 2.77. The maximum Gasteiger partial charge on any atom is 0.142 e. The maximum atomic E-state index is 11.2. The number of phenols is 2. The predicted molar refractivity (Wildman–Crippen MR) is 287 cm³/mol. The molecule has 16 bridgehead atoms. The predicted octanol–water partition coefficient (Wildman–Crippen LogP) is 16.8. The van der Waals surface area contributed by atoms with Crippen LogP contribution in [-0.4, -0.2) is 10.2 Å². The molecule has 0 radical (unpaired) electrons. The van der Waals surface area contributed by atoms with Crippen LogP contribution < -0.4 is 20.9 Å². The van der Waals surface area contributed by atoms with E-state index in [2.05, 4.69) is 67.5 Å². The van der Waals surface area contributed by atoms with Crippen molar-refractivity contribution in [2.75, 3.05) is 11.5 Å².